The molecule has 3 aromatic rings. The number of aromatic nitrogens is 4. The van der Waals surface area contributed by atoms with Gasteiger partial charge in [0.25, 0.3) is 0 Å². The highest BCUT2D eigenvalue weighted by molar-refractivity contribution is 6.42. The summed E-state index contributed by atoms with van der Waals surface area (Å²) < 4.78 is 3.07. The molecule has 158 valence electrons. The van der Waals surface area contributed by atoms with Crippen LogP contribution in [0.4, 0.5) is 11.4 Å². The number of hydrogen-bond acceptors (Lipinski definition) is 5. The van der Waals surface area contributed by atoms with Gasteiger partial charge in [0, 0.05) is 0 Å². The fourth-order valence-corrected chi connectivity index (χ4v) is 3.46. The summed E-state index contributed by atoms with van der Waals surface area (Å²) in [5.41, 5.74) is 2.78. The Kier molecular flexibility index (Phi) is 6.42. The van der Waals surface area contributed by atoms with Crippen LogP contribution in [0.3, 0.4) is 0 Å². The minimum Gasteiger partial charge on any atom is -0.321 e. The van der Waals surface area contributed by atoms with Crippen LogP contribution in [-0.4, -0.2) is 30.4 Å². The van der Waals surface area contributed by atoms with E-state index in [1.807, 2.05) is 19.9 Å². The first kappa shape index (κ1) is 21.8. The lowest BCUT2D eigenvalue weighted by molar-refractivity contribution is -0.385. The van der Waals surface area contributed by atoms with Gasteiger partial charge in [0.2, 0.25) is 5.91 Å². The molecule has 2 heterocycles. The smallest absolute Gasteiger partial charge is 0.307 e. The molecule has 30 heavy (non-hydrogen) atoms. The fraction of sp³-hybridized carbons (Fsp3) is 0.316. The summed E-state index contributed by atoms with van der Waals surface area (Å²) >= 11 is 12.1. The molecule has 1 atom stereocenters. The summed E-state index contributed by atoms with van der Waals surface area (Å²) in [6, 6.07) is 4.68. The van der Waals surface area contributed by atoms with Crippen LogP contribution in [0, 0.1) is 24.0 Å². The standard InChI is InChI=1S/C19H20Cl2N6O3/c1-4-17(26-10-14(8-22-26)27(29)30)19(28)23-18-11(2)24-25(12(18)3)9-13-5-6-15(20)16(21)7-13/h5-8,10,17H,4,9H2,1-3H3,(H,23,28). The molecule has 1 aromatic carbocycles. The highest BCUT2D eigenvalue weighted by Gasteiger charge is 2.24. The van der Waals surface area contributed by atoms with Crippen molar-refractivity contribution in [1.82, 2.24) is 19.6 Å². The molecule has 0 bridgehead atoms. The number of hydrogen-bond donors (Lipinski definition) is 1. The van der Waals surface area contributed by atoms with E-state index in [1.165, 1.54) is 10.9 Å². The first-order chi connectivity index (χ1) is 14.2. The molecule has 1 amide bonds. The van der Waals surface area contributed by atoms with Gasteiger partial charge in [-0.1, -0.05) is 36.2 Å². The van der Waals surface area contributed by atoms with Crippen molar-refractivity contribution in [3.8, 4) is 0 Å². The van der Waals surface area contributed by atoms with E-state index < -0.39 is 11.0 Å². The second kappa shape index (κ2) is 8.85. The van der Waals surface area contributed by atoms with E-state index in [2.05, 4.69) is 15.5 Å². The molecule has 0 aliphatic heterocycles. The van der Waals surface area contributed by atoms with Crippen LogP contribution in [0.25, 0.3) is 0 Å². The zero-order chi connectivity index (χ0) is 22.0. The maximum absolute atomic E-state index is 12.9. The van der Waals surface area contributed by atoms with Crippen molar-refractivity contribution < 1.29 is 9.72 Å². The zero-order valence-electron chi connectivity index (χ0n) is 16.6. The van der Waals surface area contributed by atoms with Crippen molar-refractivity contribution in [3.05, 3.63) is 67.7 Å². The molecular formula is C19H20Cl2N6O3. The van der Waals surface area contributed by atoms with E-state index in [-0.39, 0.29) is 11.6 Å². The average Bonchev–Trinajstić information content (AvgIpc) is 3.27. The quantitative estimate of drug-likeness (QED) is 0.419. The first-order valence-corrected chi connectivity index (χ1v) is 9.94. The number of rotatable bonds is 7. The van der Waals surface area contributed by atoms with E-state index in [0.717, 1.165) is 17.5 Å². The SMILES string of the molecule is CCC(C(=O)Nc1c(C)nn(Cc2ccc(Cl)c(Cl)c2)c1C)n1cc([N+](=O)[O-])cn1. The summed E-state index contributed by atoms with van der Waals surface area (Å²) in [6.45, 7) is 5.92. The number of nitrogens with one attached hydrogen (secondary N) is 1. The van der Waals surface area contributed by atoms with Crippen LogP contribution >= 0.6 is 23.2 Å². The number of carbonyl (C=O) groups is 1. The monoisotopic (exact) mass is 450 g/mol. The second-order valence-electron chi connectivity index (χ2n) is 6.80. The predicted molar refractivity (Wildman–Crippen MR) is 114 cm³/mol. The van der Waals surface area contributed by atoms with Crippen molar-refractivity contribution >= 4 is 40.5 Å². The summed E-state index contributed by atoms with van der Waals surface area (Å²) in [5, 5.41) is 23.2. The molecule has 0 saturated carbocycles. The van der Waals surface area contributed by atoms with Gasteiger partial charge in [-0.15, -0.1) is 0 Å². The average molecular weight is 451 g/mol. The van der Waals surface area contributed by atoms with Gasteiger partial charge in [0.1, 0.15) is 18.4 Å². The van der Waals surface area contributed by atoms with Crippen molar-refractivity contribution in [2.75, 3.05) is 5.32 Å². The van der Waals surface area contributed by atoms with Crippen LogP contribution in [0.15, 0.2) is 30.6 Å². The maximum Gasteiger partial charge on any atom is 0.307 e. The van der Waals surface area contributed by atoms with Crippen molar-refractivity contribution in [3.63, 3.8) is 0 Å². The Bertz CT molecular complexity index is 1110. The third-order valence-corrected chi connectivity index (χ3v) is 5.49. The third kappa shape index (κ3) is 4.47. The first-order valence-electron chi connectivity index (χ1n) is 9.18. The van der Waals surface area contributed by atoms with Crippen LogP contribution in [0.1, 0.15) is 36.3 Å². The topological polar surface area (TPSA) is 108 Å². The number of anilines is 1. The Balaban J connectivity index is 1.80. The lowest BCUT2D eigenvalue weighted by Crippen LogP contribution is -2.26. The zero-order valence-corrected chi connectivity index (χ0v) is 18.1. The van der Waals surface area contributed by atoms with Gasteiger partial charge >= 0.3 is 5.69 Å². The Morgan fingerprint density at radius 1 is 1.30 bits per heavy atom. The Labute approximate surface area is 182 Å². The van der Waals surface area contributed by atoms with Gasteiger partial charge in [-0.3, -0.25) is 24.3 Å². The lowest BCUT2D eigenvalue weighted by atomic mass is 10.2. The van der Waals surface area contributed by atoms with E-state index in [9.17, 15) is 14.9 Å². The molecule has 1 unspecified atom stereocenters. The number of nitro groups is 1. The third-order valence-electron chi connectivity index (χ3n) is 4.75. The summed E-state index contributed by atoms with van der Waals surface area (Å²) in [5.74, 6) is -0.323. The molecule has 11 heteroatoms. The predicted octanol–water partition coefficient (Wildman–Crippen LogP) is 4.55. The molecule has 0 saturated heterocycles. The van der Waals surface area contributed by atoms with Gasteiger partial charge in [0.15, 0.2) is 0 Å². The number of benzene rings is 1. The summed E-state index contributed by atoms with van der Waals surface area (Å²) in [6.07, 6.45) is 2.79. The summed E-state index contributed by atoms with van der Waals surface area (Å²) in [7, 11) is 0. The van der Waals surface area contributed by atoms with E-state index in [1.54, 1.807) is 23.7 Å². The highest BCUT2D eigenvalue weighted by Crippen LogP contribution is 2.26. The van der Waals surface area contributed by atoms with Crippen molar-refractivity contribution in [2.45, 2.75) is 39.8 Å². The minimum atomic E-state index is -0.684. The maximum atomic E-state index is 12.9. The van der Waals surface area contributed by atoms with Crippen LogP contribution < -0.4 is 5.32 Å². The van der Waals surface area contributed by atoms with Gasteiger partial charge in [-0.05, 0) is 38.0 Å². The molecule has 2 aromatic heterocycles. The normalized spacial score (nSPS) is 12.0. The molecule has 9 nitrogen and oxygen atoms in total. The van der Waals surface area contributed by atoms with Crippen LogP contribution in [0.5, 0.6) is 0 Å². The Morgan fingerprint density at radius 3 is 2.63 bits per heavy atom. The number of halogens is 2. The van der Waals surface area contributed by atoms with E-state index >= 15 is 0 Å². The highest BCUT2D eigenvalue weighted by atomic mass is 35.5. The van der Waals surface area contributed by atoms with Crippen molar-refractivity contribution in [1.29, 1.82) is 0 Å². The van der Waals surface area contributed by atoms with Gasteiger partial charge in [0.05, 0.1) is 38.6 Å². The number of aryl methyl sites for hydroxylation is 1. The molecule has 0 radical (unpaired) electrons. The number of nitrogens with zero attached hydrogens (tertiary/aromatic N) is 5. The van der Waals surface area contributed by atoms with Gasteiger partial charge < -0.3 is 5.32 Å². The summed E-state index contributed by atoms with van der Waals surface area (Å²) in [4.78, 5) is 23.2. The van der Waals surface area contributed by atoms with Crippen LogP contribution in [-0.2, 0) is 11.3 Å². The Hall–Kier alpha value is -2.91. The Morgan fingerprint density at radius 2 is 2.03 bits per heavy atom. The molecule has 0 fully saturated rings. The van der Waals surface area contributed by atoms with Gasteiger partial charge in [-0.25, -0.2) is 0 Å². The number of amides is 1. The fourth-order valence-electron chi connectivity index (χ4n) is 3.13. The van der Waals surface area contributed by atoms with E-state index in [4.69, 9.17) is 23.2 Å². The molecule has 3 rings (SSSR count). The number of carbonyl (C=O) groups excluding carboxylic acids is 1. The molecule has 0 aliphatic rings. The molecule has 0 spiro atoms. The molecule has 1 N–H and O–H groups in total. The lowest BCUT2D eigenvalue weighted by Gasteiger charge is -2.15. The molecule has 0 aliphatic carbocycles. The largest absolute Gasteiger partial charge is 0.321 e. The second-order valence-corrected chi connectivity index (χ2v) is 7.62. The van der Waals surface area contributed by atoms with Crippen molar-refractivity contribution in [2.24, 2.45) is 0 Å². The van der Waals surface area contributed by atoms with E-state index in [0.29, 0.717) is 34.4 Å². The van der Waals surface area contributed by atoms with Gasteiger partial charge in [-0.2, -0.15) is 10.2 Å². The minimum absolute atomic E-state index is 0.164. The van der Waals surface area contributed by atoms with Crippen LogP contribution in [0.2, 0.25) is 10.0 Å². The molecular weight excluding hydrogens is 431 g/mol.